The summed E-state index contributed by atoms with van der Waals surface area (Å²) in [7, 11) is 3.75. The Hall–Kier alpha value is -2.82. The number of nitrogens with zero attached hydrogens (tertiary/aromatic N) is 1. The second kappa shape index (κ2) is 11.0. The van der Waals surface area contributed by atoms with E-state index in [1.165, 1.54) is 5.56 Å². The first-order chi connectivity index (χ1) is 15.1. The third-order valence-electron chi connectivity index (χ3n) is 6.08. The molecule has 0 fully saturated rings. The summed E-state index contributed by atoms with van der Waals surface area (Å²) < 4.78 is 5.40. The summed E-state index contributed by atoms with van der Waals surface area (Å²) in [6.45, 7) is 1.80. The number of aromatic hydroxyl groups is 1. The monoisotopic (exact) mass is 419 g/mol. The lowest BCUT2D eigenvalue weighted by Gasteiger charge is -2.34. The first-order valence-corrected chi connectivity index (χ1v) is 10.9. The summed E-state index contributed by atoms with van der Waals surface area (Å²) >= 11 is 0. The molecule has 0 saturated carbocycles. The predicted molar refractivity (Wildman–Crippen MR) is 126 cm³/mol. The van der Waals surface area contributed by atoms with Gasteiger partial charge in [0, 0.05) is 17.5 Å². The lowest BCUT2D eigenvalue weighted by atomic mass is 9.71. The molecule has 2 N–H and O–H groups in total. The van der Waals surface area contributed by atoms with E-state index >= 15 is 0 Å². The second-order valence-electron chi connectivity index (χ2n) is 8.13. The summed E-state index contributed by atoms with van der Waals surface area (Å²) in [6.07, 6.45) is 2.61. The van der Waals surface area contributed by atoms with Gasteiger partial charge < -0.3 is 19.8 Å². The van der Waals surface area contributed by atoms with Crippen molar-refractivity contribution in [3.63, 3.8) is 0 Å². The number of benzene rings is 3. The highest BCUT2D eigenvalue weighted by Gasteiger charge is 2.36. The molecule has 164 valence electrons. The zero-order valence-electron chi connectivity index (χ0n) is 18.5. The van der Waals surface area contributed by atoms with E-state index in [0.717, 1.165) is 31.5 Å². The Labute approximate surface area is 185 Å². The number of likely N-dealkylation sites (N-methyl/N-ethyl adjacent to an activating group) is 1. The van der Waals surface area contributed by atoms with Crippen molar-refractivity contribution in [3.8, 4) is 11.5 Å². The highest BCUT2D eigenvalue weighted by molar-refractivity contribution is 5.50. The SMILES string of the molecule is COc1ccc(O)c(C(CO)(CCCN(C)CCc2ccccc2)c2ccccc2)c1. The number of ether oxygens (including phenoxy) is 1. The molecular formula is C27H33NO3. The number of phenolic OH excluding ortho intramolecular Hbond substituents is 1. The minimum Gasteiger partial charge on any atom is -0.508 e. The average Bonchev–Trinajstić information content (AvgIpc) is 2.82. The van der Waals surface area contributed by atoms with E-state index in [4.69, 9.17) is 4.74 Å². The molecular weight excluding hydrogens is 386 g/mol. The molecule has 4 heteroatoms. The van der Waals surface area contributed by atoms with E-state index in [9.17, 15) is 10.2 Å². The van der Waals surface area contributed by atoms with Gasteiger partial charge in [-0.1, -0.05) is 60.7 Å². The van der Waals surface area contributed by atoms with Crippen LogP contribution >= 0.6 is 0 Å². The van der Waals surface area contributed by atoms with Crippen molar-refractivity contribution in [2.75, 3.05) is 33.9 Å². The van der Waals surface area contributed by atoms with E-state index in [1.54, 1.807) is 19.2 Å². The molecule has 4 nitrogen and oxygen atoms in total. The van der Waals surface area contributed by atoms with Crippen molar-refractivity contribution in [1.82, 2.24) is 4.90 Å². The third-order valence-corrected chi connectivity index (χ3v) is 6.08. The van der Waals surface area contributed by atoms with Crippen LogP contribution in [0.2, 0.25) is 0 Å². The van der Waals surface area contributed by atoms with Crippen molar-refractivity contribution < 1.29 is 14.9 Å². The summed E-state index contributed by atoms with van der Waals surface area (Å²) in [5, 5.41) is 21.3. The maximum atomic E-state index is 10.7. The van der Waals surface area contributed by atoms with Crippen LogP contribution in [0.25, 0.3) is 0 Å². The summed E-state index contributed by atoms with van der Waals surface area (Å²) in [5.74, 6) is 0.845. The quantitative estimate of drug-likeness (QED) is 0.476. The van der Waals surface area contributed by atoms with Gasteiger partial charge in [-0.15, -0.1) is 0 Å². The van der Waals surface area contributed by atoms with Crippen LogP contribution in [0.3, 0.4) is 0 Å². The van der Waals surface area contributed by atoms with E-state index in [1.807, 2.05) is 42.5 Å². The van der Waals surface area contributed by atoms with Crippen LogP contribution in [-0.2, 0) is 11.8 Å². The minimum atomic E-state index is -0.694. The van der Waals surface area contributed by atoms with Crippen molar-refractivity contribution in [2.45, 2.75) is 24.7 Å². The lowest BCUT2D eigenvalue weighted by molar-refractivity contribution is 0.199. The van der Waals surface area contributed by atoms with E-state index in [-0.39, 0.29) is 12.4 Å². The Kier molecular flexibility index (Phi) is 8.10. The number of methoxy groups -OCH3 is 1. The number of hydrogen-bond acceptors (Lipinski definition) is 4. The van der Waals surface area contributed by atoms with Gasteiger partial charge in [0.1, 0.15) is 11.5 Å². The van der Waals surface area contributed by atoms with Crippen molar-refractivity contribution in [1.29, 1.82) is 0 Å². The zero-order valence-corrected chi connectivity index (χ0v) is 18.5. The molecule has 3 aromatic carbocycles. The van der Waals surface area contributed by atoms with Gasteiger partial charge in [0.05, 0.1) is 13.7 Å². The fraction of sp³-hybridized carbons (Fsp3) is 0.333. The standard InChI is InChI=1S/C27H33NO3/c1-28(19-16-22-10-5-3-6-11-22)18-9-17-27(21-29,23-12-7-4-8-13-23)25-20-24(31-2)14-15-26(25)30/h3-8,10-15,20,29-30H,9,16-19,21H2,1-2H3. The van der Waals surface area contributed by atoms with E-state index in [2.05, 4.69) is 36.2 Å². The fourth-order valence-electron chi connectivity index (χ4n) is 4.20. The van der Waals surface area contributed by atoms with Crippen LogP contribution in [-0.4, -0.2) is 49.0 Å². The maximum Gasteiger partial charge on any atom is 0.120 e. The number of phenols is 1. The molecule has 0 spiro atoms. The van der Waals surface area contributed by atoms with Gasteiger partial charge in [0.15, 0.2) is 0 Å². The molecule has 0 radical (unpaired) electrons. The molecule has 0 saturated heterocycles. The fourth-order valence-corrected chi connectivity index (χ4v) is 4.20. The van der Waals surface area contributed by atoms with Gasteiger partial charge in [-0.2, -0.15) is 0 Å². The van der Waals surface area contributed by atoms with Gasteiger partial charge in [-0.3, -0.25) is 0 Å². The van der Waals surface area contributed by atoms with Gasteiger partial charge >= 0.3 is 0 Å². The van der Waals surface area contributed by atoms with Gasteiger partial charge in [0.25, 0.3) is 0 Å². The average molecular weight is 420 g/mol. The summed E-state index contributed by atoms with van der Waals surface area (Å²) in [5.41, 5.74) is 2.34. The van der Waals surface area contributed by atoms with Crippen LogP contribution in [0.1, 0.15) is 29.5 Å². The van der Waals surface area contributed by atoms with Crippen molar-refractivity contribution in [3.05, 3.63) is 95.6 Å². The van der Waals surface area contributed by atoms with Crippen LogP contribution in [0.15, 0.2) is 78.9 Å². The molecule has 0 aliphatic heterocycles. The zero-order chi connectivity index (χ0) is 22.1. The normalized spacial score (nSPS) is 13.2. The molecule has 3 rings (SSSR count). The van der Waals surface area contributed by atoms with E-state index in [0.29, 0.717) is 17.7 Å². The van der Waals surface area contributed by atoms with Crippen molar-refractivity contribution >= 4 is 0 Å². The number of aliphatic hydroxyl groups is 1. The summed E-state index contributed by atoms with van der Waals surface area (Å²) in [4.78, 5) is 2.32. The Balaban J connectivity index is 1.76. The highest BCUT2D eigenvalue weighted by atomic mass is 16.5. The predicted octanol–water partition coefficient (Wildman–Crippen LogP) is 4.63. The maximum absolute atomic E-state index is 10.7. The molecule has 0 bridgehead atoms. The van der Waals surface area contributed by atoms with Crippen LogP contribution in [0.4, 0.5) is 0 Å². The topological polar surface area (TPSA) is 52.9 Å². The van der Waals surface area contributed by atoms with Crippen molar-refractivity contribution in [2.24, 2.45) is 0 Å². The molecule has 0 aliphatic carbocycles. The molecule has 0 heterocycles. The van der Waals surface area contributed by atoms with Crippen LogP contribution < -0.4 is 4.74 Å². The largest absolute Gasteiger partial charge is 0.508 e. The third kappa shape index (κ3) is 5.66. The molecule has 1 unspecified atom stereocenters. The number of aliphatic hydroxyl groups excluding tert-OH is 1. The van der Waals surface area contributed by atoms with Crippen LogP contribution in [0, 0.1) is 0 Å². The molecule has 0 aliphatic rings. The summed E-state index contributed by atoms with van der Waals surface area (Å²) in [6, 6.07) is 25.7. The number of hydrogen-bond donors (Lipinski definition) is 2. The molecule has 0 aromatic heterocycles. The van der Waals surface area contributed by atoms with E-state index < -0.39 is 5.41 Å². The number of rotatable bonds is 11. The molecule has 0 amide bonds. The first kappa shape index (κ1) is 22.9. The molecule has 31 heavy (non-hydrogen) atoms. The highest BCUT2D eigenvalue weighted by Crippen LogP contribution is 2.42. The van der Waals surface area contributed by atoms with Gasteiger partial charge in [-0.25, -0.2) is 0 Å². The van der Waals surface area contributed by atoms with Crippen LogP contribution in [0.5, 0.6) is 11.5 Å². The Morgan fingerprint density at radius 2 is 1.58 bits per heavy atom. The lowest BCUT2D eigenvalue weighted by Crippen LogP contribution is -2.34. The Morgan fingerprint density at radius 3 is 2.23 bits per heavy atom. The Bertz CT molecular complexity index is 930. The minimum absolute atomic E-state index is 0.0918. The smallest absolute Gasteiger partial charge is 0.120 e. The van der Waals surface area contributed by atoms with Gasteiger partial charge in [0.2, 0.25) is 0 Å². The second-order valence-corrected chi connectivity index (χ2v) is 8.13. The Morgan fingerprint density at radius 1 is 0.903 bits per heavy atom. The van der Waals surface area contributed by atoms with Gasteiger partial charge in [-0.05, 0) is 62.2 Å². The molecule has 3 aromatic rings. The molecule has 1 atom stereocenters. The first-order valence-electron chi connectivity index (χ1n) is 10.9.